The van der Waals surface area contributed by atoms with Crippen LogP contribution in [0.15, 0.2) is 18.2 Å². The molecule has 2 aliphatic rings. The molecule has 7 nitrogen and oxygen atoms in total. The topological polar surface area (TPSA) is 84.9 Å². The number of benzene rings is 1. The van der Waals surface area contributed by atoms with Gasteiger partial charge in [0.05, 0.1) is 0 Å². The Kier molecular flexibility index (Phi) is 6.21. The van der Waals surface area contributed by atoms with E-state index in [0.717, 1.165) is 0 Å². The van der Waals surface area contributed by atoms with Crippen molar-refractivity contribution >= 4 is 17.6 Å². The number of nitrogens with zero attached hydrogens (tertiary/aromatic N) is 1. The first kappa shape index (κ1) is 20.2. The maximum absolute atomic E-state index is 12.9. The van der Waals surface area contributed by atoms with Gasteiger partial charge >= 0.3 is 0 Å². The minimum atomic E-state index is -0.525. The molecule has 3 rings (SSSR count). The fourth-order valence-electron chi connectivity index (χ4n) is 3.72. The van der Waals surface area contributed by atoms with Crippen LogP contribution in [0.4, 0.5) is 0 Å². The minimum Gasteiger partial charge on any atom is -0.486 e. The summed E-state index contributed by atoms with van der Waals surface area (Å²) in [7, 11) is 0. The largest absolute Gasteiger partial charge is 0.486 e. The van der Waals surface area contributed by atoms with Crippen LogP contribution in [-0.4, -0.2) is 54.8 Å². The highest BCUT2D eigenvalue weighted by molar-refractivity contribution is 5.98. The standard InChI is InChI=1S/C21H28N2O5/c1-13(2)19(22-14(3)24)21(26)23-8-6-15(7-9-23)20(25)16-4-5-17-18(12-16)28-11-10-27-17/h4-5,12-13,15,19H,6-11H2,1-3H3,(H,22,24). The molecule has 1 aromatic rings. The molecule has 1 aromatic carbocycles. The van der Waals surface area contributed by atoms with Crippen molar-refractivity contribution in [2.24, 2.45) is 11.8 Å². The zero-order valence-electron chi connectivity index (χ0n) is 16.7. The fourth-order valence-corrected chi connectivity index (χ4v) is 3.72. The lowest BCUT2D eigenvalue weighted by Crippen LogP contribution is -2.52. The first-order valence-electron chi connectivity index (χ1n) is 9.86. The second-order valence-corrected chi connectivity index (χ2v) is 7.74. The second kappa shape index (κ2) is 8.63. The summed E-state index contributed by atoms with van der Waals surface area (Å²) in [4.78, 5) is 38.8. The fraction of sp³-hybridized carbons (Fsp3) is 0.571. The summed E-state index contributed by atoms with van der Waals surface area (Å²) in [5, 5.41) is 2.74. The lowest BCUT2D eigenvalue weighted by molar-refractivity contribution is -0.138. The average Bonchev–Trinajstić information content (AvgIpc) is 2.70. The number of piperidine rings is 1. The molecule has 0 bridgehead atoms. The number of carbonyl (C=O) groups excluding carboxylic acids is 3. The molecule has 0 aromatic heterocycles. The number of rotatable bonds is 5. The van der Waals surface area contributed by atoms with Gasteiger partial charge in [-0.2, -0.15) is 0 Å². The molecule has 1 fully saturated rings. The average molecular weight is 388 g/mol. The van der Waals surface area contributed by atoms with Crippen LogP contribution in [0.25, 0.3) is 0 Å². The van der Waals surface area contributed by atoms with Crippen LogP contribution in [0.3, 0.4) is 0 Å². The molecule has 2 amide bonds. The number of fused-ring (bicyclic) bond motifs is 1. The quantitative estimate of drug-likeness (QED) is 0.781. The van der Waals surface area contributed by atoms with Gasteiger partial charge in [0.15, 0.2) is 17.3 Å². The van der Waals surface area contributed by atoms with Crippen molar-refractivity contribution in [2.75, 3.05) is 26.3 Å². The number of amides is 2. The lowest BCUT2D eigenvalue weighted by atomic mass is 9.88. The third-order valence-electron chi connectivity index (χ3n) is 5.30. The number of ether oxygens (including phenoxy) is 2. The highest BCUT2D eigenvalue weighted by Gasteiger charge is 2.33. The number of Topliss-reactive ketones (excluding diaryl/α,β-unsaturated/α-hetero) is 1. The molecule has 2 heterocycles. The summed E-state index contributed by atoms with van der Waals surface area (Å²) >= 11 is 0. The second-order valence-electron chi connectivity index (χ2n) is 7.74. The van der Waals surface area contributed by atoms with Crippen molar-refractivity contribution in [3.05, 3.63) is 23.8 Å². The van der Waals surface area contributed by atoms with Crippen molar-refractivity contribution in [3.63, 3.8) is 0 Å². The van der Waals surface area contributed by atoms with Crippen LogP contribution in [0.1, 0.15) is 44.0 Å². The zero-order valence-corrected chi connectivity index (χ0v) is 16.7. The molecule has 7 heteroatoms. The number of carbonyl (C=O) groups is 3. The Morgan fingerprint density at radius 1 is 1.07 bits per heavy atom. The summed E-state index contributed by atoms with van der Waals surface area (Å²) in [5.41, 5.74) is 0.618. The van der Waals surface area contributed by atoms with E-state index in [9.17, 15) is 14.4 Å². The van der Waals surface area contributed by atoms with E-state index >= 15 is 0 Å². The number of hydrogen-bond acceptors (Lipinski definition) is 5. The zero-order chi connectivity index (χ0) is 20.3. The van der Waals surface area contributed by atoms with Gasteiger partial charge in [0.1, 0.15) is 19.3 Å². The molecule has 1 atom stereocenters. The van der Waals surface area contributed by atoms with Gasteiger partial charge in [-0.1, -0.05) is 13.8 Å². The van der Waals surface area contributed by atoms with Gasteiger partial charge < -0.3 is 19.7 Å². The van der Waals surface area contributed by atoms with Crippen molar-refractivity contribution in [1.29, 1.82) is 0 Å². The van der Waals surface area contributed by atoms with Gasteiger partial charge in [0.2, 0.25) is 11.8 Å². The van der Waals surface area contributed by atoms with E-state index < -0.39 is 6.04 Å². The maximum Gasteiger partial charge on any atom is 0.245 e. The van der Waals surface area contributed by atoms with Gasteiger partial charge in [0.25, 0.3) is 0 Å². The molecule has 1 N–H and O–H groups in total. The van der Waals surface area contributed by atoms with E-state index in [2.05, 4.69) is 5.32 Å². The molecule has 1 saturated heterocycles. The lowest BCUT2D eigenvalue weighted by Gasteiger charge is -2.35. The molecule has 28 heavy (non-hydrogen) atoms. The maximum atomic E-state index is 12.9. The Morgan fingerprint density at radius 3 is 2.32 bits per heavy atom. The van der Waals surface area contributed by atoms with Crippen LogP contribution in [0.5, 0.6) is 11.5 Å². The third kappa shape index (κ3) is 4.46. The van der Waals surface area contributed by atoms with E-state index in [1.807, 2.05) is 13.8 Å². The molecule has 0 aliphatic carbocycles. The monoisotopic (exact) mass is 388 g/mol. The van der Waals surface area contributed by atoms with Crippen molar-refractivity contribution in [3.8, 4) is 11.5 Å². The molecule has 1 unspecified atom stereocenters. The number of likely N-dealkylation sites (tertiary alicyclic amines) is 1. The Bertz CT molecular complexity index is 753. The highest BCUT2D eigenvalue weighted by Crippen LogP contribution is 2.32. The van der Waals surface area contributed by atoms with Gasteiger partial charge in [-0.25, -0.2) is 0 Å². The van der Waals surface area contributed by atoms with Gasteiger partial charge in [0, 0.05) is 31.5 Å². The minimum absolute atomic E-state index is 0.00784. The van der Waals surface area contributed by atoms with Gasteiger partial charge in [-0.05, 0) is 37.0 Å². The summed E-state index contributed by atoms with van der Waals surface area (Å²) in [6, 6.07) is 4.78. The first-order chi connectivity index (χ1) is 13.4. The SMILES string of the molecule is CC(=O)NC(C(=O)N1CCC(C(=O)c2ccc3c(c2)OCCO3)CC1)C(C)C. The predicted molar refractivity (Wildman–Crippen MR) is 104 cm³/mol. The van der Waals surface area contributed by atoms with Gasteiger partial charge in [-0.15, -0.1) is 0 Å². The normalized spacial score (nSPS) is 17.9. The predicted octanol–water partition coefficient (Wildman–Crippen LogP) is 2.04. The number of nitrogens with one attached hydrogen (secondary N) is 1. The Morgan fingerprint density at radius 2 is 1.71 bits per heavy atom. The summed E-state index contributed by atoms with van der Waals surface area (Å²) in [5.74, 6) is 0.955. The molecular weight excluding hydrogens is 360 g/mol. The van der Waals surface area contributed by atoms with Crippen molar-refractivity contribution < 1.29 is 23.9 Å². The van der Waals surface area contributed by atoms with Crippen LogP contribution in [-0.2, 0) is 9.59 Å². The van der Waals surface area contributed by atoms with E-state index in [4.69, 9.17) is 9.47 Å². The van der Waals surface area contributed by atoms with E-state index in [1.165, 1.54) is 6.92 Å². The van der Waals surface area contributed by atoms with E-state index in [1.54, 1.807) is 23.1 Å². The van der Waals surface area contributed by atoms with Crippen LogP contribution in [0, 0.1) is 11.8 Å². The highest BCUT2D eigenvalue weighted by atomic mass is 16.6. The van der Waals surface area contributed by atoms with Crippen LogP contribution in [0.2, 0.25) is 0 Å². The molecular formula is C21H28N2O5. The molecule has 2 aliphatic heterocycles. The van der Waals surface area contributed by atoms with Crippen LogP contribution < -0.4 is 14.8 Å². The number of ketones is 1. The molecule has 0 spiro atoms. The van der Waals surface area contributed by atoms with E-state index in [-0.39, 0.29) is 29.4 Å². The van der Waals surface area contributed by atoms with E-state index in [0.29, 0.717) is 56.2 Å². The molecule has 0 saturated carbocycles. The Balaban J connectivity index is 1.61. The Labute approximate surface area is 165 Å². The molecule has 152 valence electrons. The van der Waals surface area contributed by atoms with Crippen LogP contribution >= 0.6 is 0 Å². The molecule has 0 radical (unpaired) electrons. The first-order valence-corrected chi connectivity index (χ1v) is 9.86. The third-order valence-corrected chi connectivity index (χ3v) is 5.30. The smallest absolute Gasteiger partial charge is 0.245 e. The summed E-state index contributed by atoms with van der Waals surface area (Å²) in [6.45, 7) is 7.28. The van der Waals surface area contributed by atoms with Crippen molar-refractivity contribution in [1.82, 2.24) is 10.2 Å². The summed E-state index contributed by atoms with van der Waals surface area (Å²) in [6.07, 6.45) is 1.23. The Hall–Kier alpha value is -2.57. The van der Waals surface area contributed by atoms with Gasteiger partial charge in [-0.3, -0.25) is 14.4 Å². The van der Waals surface area contributed by atoms with Crippen molar-refractivity contribution in [2.45, 2.75) is 39.7 Å². The summed E-state index contributed by atoms with van der Waals surface area (Å²) < 4.78 is 11.1. The number of hydrogen-bond donors (Lipinski definition) is 1.